The van der Waals surface area contributed by atoms with Gasteiger partial charge in [0, 0.05) is 16.0 Å². The minimum absolute atomic E-state index is 0.602. The van der Waals surface area contributed by atoms with E-state index in [9.17, 15) is 9.90 Å². The Hall–Kier alpha value is -3.32. The molecule has 0 aliphatic heterocycles. The zero-order chi connectivity index (χ0) is 19.5. The van der Waals surface area contributed by atoms with Gasteiger partial charge in [-0.1, -0.05) is 42.1 Å². The van der Waals surface area contributed by atoms with E-state index in [0.717, 1.165) is 20.9 Å². The molecule has 4 rings (SSSR count). The maximum atomic E-state index is 11.6. The quantitative estimate of drug-likeness (QED) is 0.523. The Morgan fingerprint density at radius 2 is 1.93 bits per heavy atom. The fourth-order valence-corrected chi connectivity index (χ4v) is 4.27. The molecule has 140 valence electrons. The van der Waals surface area contributed by atoms with Crippen molar-refractivity contribution in [2.24, 2.45) is 0 Å². The van der Waals surface area contributed by atoms with Gasteiger partial charge >= 0.3 is 6.09 Å². The first-order valence-electron chi connectivity index (χ1n) is 8.74. The number of aromatic nitrogens is 3. The number of rotatable bonds is 5. The van der Waals surface area contributed by atoms with Crippen LogP contribution in [0.2, 0.25) is 0 Å². The summed E-state index contributed by atoms with van der Waals surface area (Å²) in [6.07, 6.45) is 2.23. The third-order valence-corrected chi connectivity index (χ3v) is 5.50. The van der Waals surface area contributed by atoms with E-state index in [0.29, 0.717) is 11.3 Å². The van der Waals surface area contributed by atoms with Crippen molar-refractivity contribution in [2.45, 2.75) is 22.8 Å². The normalized spacial score (nSPS) is 12.0. The zero-order valence-corrected chi connectivity index (χ0v) is 15.9. The van der Waals surface area contributed by atoms with E-state index in [2.05, 4.69) is 15.4 Å². The Morgan fingerprint density at radius 1 is 1.11 bits per heavy atom. The van der Waals surface area contributed by atoms with Gasteiger partial charge in [-0.3, -0.25) is 0 Å². The van der Waals surface area contributed by atoms with Crippen molar-refractivity contribution in [3.05, 3.63) is 89.9 Å². The number of fused-ring (bicyclic) bond motifs is 1. The molecule has 2 aromatic heterocycles. The minimum atomic E-state index is -1.10. The lowest BCUT2D eigenvalue weighted by Gasteiger charge is -2.22. The molecular weight excluding hydrogens is 372 g/mol. The highest BCUT2D eigenvalue weighted by Gasteiger charge is 2.25. The zero-order valence-electron chi connectivity index (χ0n) is 15.1. The Kier molecular flexibility index (Phi) is 4.99. The first kappa shape index (κ1) is 18.1. The Bertz CT molecular complexity index is 1130. The smallest absolute Gasteiger partial charge is 0.405 e. The van der Waals surface area contributed by atoms with Crippen molar-refractivity contribution in [3.8, 4) is 0 Å². The highest BCUT2D eigenvalue weighted by Crippen LogP contribution is 2.37. The summed E-state index contributed by atoms with van der Waals surface area (Å²) in [6, 6.07) is 19.0. The van der Waals surface area contributed by atoms with Crippen LogP contribution in [0, 0.1) is 6.92 Å². The molecule has 6 nitrogen and oxygen atoms in total. The van der Waals surface area contributed by atoms with Crippen LogP contribution in [0.4, 0.5) is 4.79 Å². The van der Waals surface area contributed by atoms with Gasteiger partial charge in [-0.2, -0.15) is 5.10 Å². The molecule has 1 atom stereocenters. The van der Waals surface area contributed by atoms with Gasteiger partial charge in [0.1, 0.15) is 6.04 Å². The van der Waals surface area contributed by atoms with Crippen LogP contribution in [-0.4, -0.2) is 25.8 Å². The van der Waals surface area contributed by atoms with Gasteiger partial charge in [-0.05, 0) is 48.4 Å². The van der Waals surface area contributed by atoms with E-state index in [1.807, 2.05) is 61.5 Å². The molecule has 1 amide bonds. The van der Waals surface area contributed by atoms with E-state index >= 15 is 0 Å². The SMILES string of the molecule is Cc1cccc(Sc2ccccc2)c1C(NC(=O)O)c1cnc2cccnn12. The predicted octanol–water partition coefficient (Wildman–Crippen LogP) is 4.55. The first-order chi connectivity index (χ1) is 13.6. The number of carbonyl (C=O) groups is 1. The number of nitrogens with one attached hydrogen (secondary N) is 1. The van der Waals surface area contributed by atoms with Crippen molar-refractivity contribution < 1.29 is 9.90 Å². The molecule has 28 heavy (non-hydrogen) atoms. The topological polar surface area (TPSA) is 79.5 Å². The number of aryl methyl sites for hydroxylation is 1. The van der Waals surface area contributed by atoms with E-state index in [1.54, 1.807) is 34.7 Å². The van der Waals surface area contributed by atoms with Gasteiger partial charge in [-0.15, -0.1) is 0 Å². The number of nitrogens with zero attached hydrogens (tertiary/aromatic N) is 3. The lowest BCUT2D eigenvalue weighted by Crippen LogP contribution is -2.29. The van der Waals surface area contributed by atoms with Crippen LogP contribution in [0.5, 0.6) is 0 Å². The maximum Gasteiger partial charge on any atom is 0.405 e. The number of amides is 1. The van der Waals surface area contributed by atoms with Crippen LogP contribution in [0.1, 0.15) is 22.9 Å². The lowest BCUT2D eigenvalue weighted by molar-refractivity contribution is 0.191. The van der Waals surface area contributed by atoms with Gasteiger partial charge in [0.15, 0.2) is 5.65 Å². The number of benzene rings is 2. The van der Waals surface area contributed by atoms with Crippen molar-refractivity contribution in [1.29, 1.82) is 0 Å². The van der Waals surface area contributed by atoms with Gasteiger partial charge in [0.05, 0.1) is 11.9 Å². The van der Waals surface area contributed by atoms with Crippen LogP contribution in [-0.2, 0) is 0 Å². The molecule has 0 spiro atoms. The van der Waals surface area contributed by atoms with Crippen molar-refractivity contribution in [3.63, 3.8) is 0 Å². The highest BCUT2D eigenvalue weighted by atomic mass is 32.2. The molecule has 0 bridgehead atoms. The second-order valence-corrected chi connectivity index (χ2v) is 7.38. The fraction of sp³-hybridized carbons (Fsp3) is 0.0952. The molecule has 0 aliphatic carbocycles. The van der Waals surface area contributed by atoms with Crippen molar-refractivity contribution >= 4 is 23.5 Å². The fourth-order valence-electron chi connectivity index (χ4n) is 3.19. The minimum Gasteiger partial charge on any atom is -0.465 e. The van der Waals surface area contributed by atoms with Crippen LogP contribution in [0.15, 0.2) is 82.8 Å². The maximum absolute atomic E-state index is 11.6. The monoisotopic (exact) mass is 390 g/mol. The Morgan fingerprint density at radius 3 is 2.71 bits per heavy atom. The molecule has 2 aromatic carbocycles. The molecule has 0 saturated carbocycles. The molecule has 4 aromatic rings. The number of hydrogen-bond acceptors (Lipinski definition) is 4. The summed E-state index contributed by atoms with van der Waals surface area (Å²) in [5.41, 5.74) is 3.22. The van der Waals surface area contributed by atoms with Gasteiger partial charge in [0.25, 0.3) is 0 Å². The van der Waals surface area contributed by atoms with Crippen LogP contribution in [0.3, 0.4) is 0 Å². The van der Waals surface area contributed by atoms with E-state index in [4.69, 9.17) is 0 Å². The number of hydrogen-bond donors (Lipinski definition) is 2. The summed E-state index contributed by atoms with van der Waals surface area (Å²) in [5.74, 6) is 0. The molecule has 1 unspecified atom stereocenters. The summed E-state index contributed by atoms with van der Waals surface area (Å²) in [6.45, 7) is 1.98. The molecule has 7 heteroatoms. The summed E-state index contributed by atoms with van der Waals surface area (Å²) >= 11 is 1.60. The van der Waals surface area contributed by atoms with E-state index in [-0.39, 0.29) is 0 Å². The molecule has 0 aliphatic rings. The molecule has 2 N–H and O–H groups in total. The lowest BCUT2D eigenvalue weighted by atomic mass is 9.99. The molecule has 2 heterocycles. The molecule has 0 radical (unpaired) electrons. The van der Waals surface area contributed by atoms with E-state index in [1.165, 1.54) is 0 Å². The van der Waals surface area contributed by atoms with Crippen molar-refractivity contribution in [2.75, 3.05) is 0 Å². The first-order valence-corrected chi connectivity index (χ1v) is 9.55. The van der Waals surface area contributed by atoms with E-state index < -0.39 is 12.1 Å². The number of carboxylic acid groups (broad SMARTS) is 1. The van der Waals surface area contributed by atoms with Crippen molar-refractivity contribution in [1.82, 2.24) is 19.9 Å². The summed E-state index contributed by atoms with van der Waals surface area (Å²) in [7, 11) is 0. The number of imidazole rings is 1. The predicted molar refractivity (Wildman–Crippen MR) is 108 cm³/mol. The molecule has 0 saturated heterocycles. The summed E-state index contributed by atoms with van der Waals surface area (Å²) < 4.78 is 1.67. The standard InChI is InChI=1S/C21H18N4O2S/c1-14-7-5-10-17(28-15-8-3-2-4-9-15)19(14)20(24-21(26)27)16-13-22-18-11-6-12-23-25(16)18/h2-13,20,24H,1H3,(H,26,27). The largest absolute Gasteiger partial charge is 0.465 e. The van der Waals surface area contributed by atoms with Crippen LogP contribution in [0.25, 0.3) is 5.65 Å². The van der Waals surface area contributed by atoms with Gasteiger partial charge in [-0.25, -0.2) is 14.3 Å². The Labute approximate surface area is 166 Å². The summed E-state index contributed by atoms with van der Waals surface area (Å²) in [4.78, 5) is 18.1. The molecule has 0 fully saturated rings. The average molecular weight is 390 g/mol. The second kappa shape index (κ2) is 7.74. The van der Waals surface area contributed by atoms with Crippen LogP contribution < -0.4 is 5.32 Å². The highest BCUT2D eigenvalue weighted by molar-refractivity contribution is 7.99. The summed E-state index contributed by atoms with van der Waals surface area (Å²) in [5, 5.41) is 16.5. The average Bonchev–Trinajstić information content (AvgIpc) is 3.11. The third-order valence-electron chi connectivity index (χ3n) is 4.41. The Balaban J connectivity index is 1.86. The van der Waals surface area contributed by atoms with Gasteiger partial charge < -0.3 is 10.4 Å². The van der Waals surface area contributed by atoms with Crippen LogP contribution >= 0.6 is 11.8 Å². The molecular formula is C21H18N4O2S. The third kappa shape index (κ3) is 3.57. The van der Waals surface area contributed by atoms with Gasteiger partial charge in [0.2, 0.25) is 0 Å². The second-order valence-electron chi connectivity index (χ2n) is 6.26.